The summed E-state index contributed by atoms with van der Waals surface area (Å²) in [6.07, 6.45) is 17.0. The van der Waals surface area contributed by atoms with Crippen LogP contribution in [0, 0.1) is 0 Å². The fourth-order valence-corrected chi connectivity index (χ4v) is 2.35. The molecule has 0 radical (unpaired) electrons. The molecule has 3 nitrogen and oxygen atoms in total. The molecule has 4 rings (SSSR count). The van der Waals surface area contributed by atoms with Crippen LogP contribution in [-0.4, -0.2) is 21.4 Å². The largest absolute Gasteiger partial charge is 0.475 e. The smallest absolute Gasteiger partial charge is 0.444 e. The van der Waals surface area contributed by atoms with E-state index in [1.54, 1.807) is 0 Å². The third-order valence-electron chi connectivity index (χ3n) is 3.37. The lowest BCUT2D eigenvalue weighted by molar-refractivity contribution is 0.301. The lowest BCUT2D eigenvalue weighted by Crippen LogP contribution is -2.50. The zero-order valence-electron chi connectivity index (χ0n) is 11.2. The van der Waals surface area contributed by atoms with Crippen molar-refractivity contribution in [3.8, 4) is 0 Å². The minimum absolute atomic E-state index is 0.518. The van der Waals surface area contributed by atoms with Crippen LogP contribution in [0.2, 0.25) is 0 Å². The SMILES string of the molecule is C1=CC=CC=1B1OB(C2=C=CC=C2)OB(C2=C=CC=C2)O1. The van der Waals surface area contributed by atoms with Crippen molar-refractivity contribution in [3.05, 3.63) is 88.3 Å². The standard InChI is InChI=1S/C15H9B3O3/c1-2-8-13(7-1)16-19-17(14-9-3-4-10-14)21-18(20-16)15-11-5-6-12-15/h1-7,9,11H. The molecule has 0 saturated carbocycles. The highest BCUT2D eigenvalue weighted by Gasteiger charge is 2.45. The van der Waals surface area contributed by atoms with Gasteiger partial charge in [-0.2, -0.15) is 0 Å². The highest BCUT2D eigenvalue weighted by atomic mass is 16.7. The zero-order valence-corrected chi connectivity index (χ0v) is 11.2. The van der Waals surface area contributed by atoms with E-state index in [1.807, 2.05) is 54.7 Å². The zero-order chi connectivity index (χ0) is 14.1. The maximum Gasteiger partial charge on any atom is 0.475 e. The highest BCUT2D eigenvalue weighted by Crippen LogP contribution is 2.24. The van der Waals surface area contributed by atoms with E-state index in [0.29, 0.717) is 0 Å². The summed E-state index contributed by atoms with van der Waals surface area (Å²) in [5, 5.41) is 0. The Kier molecular flexibility index (Phi) is 3.19. The van der Waals surface area contributed by atoms with Crippen molar-refractivity contribution in [3.63, 3.8) is 0 Å². The predicted octanol–water partition coefficient (Wildman–Crippen LogP) is 2.09. The average Bonchev–Trinajstić information content (AvgIpc) is 3.29. The van der Waals surface area contributed by atoms with Gasteiger partial charge in [0.2, 0.25) is 0 Å². The van der Waals surface area contributed by atoms with Crippen LogP contribution in [0.3, 0.4) is 0 Å². The van der Waals surface area contributed by atoms with Gasteiger partial charge in [0, 0.05) is 16.4 Å². The Bertz CT molecular complexity index is 657. The number of rotatable bonds is 3. The normalized spacial score (nSPS) is 21.7. The quantitative estimate of drug-likeness (QED) is 0.580. The van der Waals surface area contributed by atoms with E-state index in [-0.39, 0.29) is 0 Å². The summed E-state index contributed by atoms with van der Waals surface area (Å²) in [6, 6.07) is 0. The van der Waals surface area contributed by atoms with Gasteiger partial charge in [0.25, 0.3) is 0 Å². The molecule has 21 heavy (non-hydrogen) atoms. The van der Waals surface area contributed by atoms with Gasteiger partial charge in [0.1, 0.15) is 0 Å². The Hall–Kier alpha value is -2.15. The second-order valence-electron chi connectivity index (χ2n) is 4.78. The van der Waals surface area contributed by atoms with Crippen LogP contribution in [0.15, 0.2) is 88.3 Å². The molecule has 1 heterocycles. The molecule has 96 valence electrons. The van der Waals surface area contributed by atoms with Gasteiger partial charge in [-0.25, -0.2) is 0 Å². The Balaban J connectivity index is 1.64. The Morgan fingerprint density at radius 2 is 0.905 bits per heavy atom. The first kappa shape index (κ1) is 12.6. The molecule has 0 spiro atoms. The van der Waals surface area contributed by atoms with Crippen molar-refractivity contribution in [1.29, 1.82) is 0 Å². The van der Waals surface area contributed by atoms with Crippen LogP contribution in [0.1, 0.15) is 0 Å². The molecule has 6 heteroatoms. The third kappa shape index (κ3) is 2.44. The number of hydrogen-bond acceptors (Lipinski definition) is 3. The van der Waals surface area contributed by atoms with Gasteiger partial charge < -0.3 is 13.7 Å². The average molecular weight is 270 g/mol. The summed E-state index contributed by atoms with van der Waals surface area (Å²) >= 11 is 0. The molecule has 0 aromatic heterocycles. The van der Waals surface area contributed by atoms with Gasteiger partial charge in [0.05, 0.1) is 0 Å². The molecule has 0 aromatic carbocycles. The van der Waals surface area contributed by atoms with E-state index in [9.17, 15) is 0 Å². The van der Waals surface area contributed by atoms with Gasteiger partial charge in [-0.15, -0.1) is 17.2 Å². The number of allylic oxidation sites excluding steroid dienone is 9. The van der Waals surface area contributed by atoms with Gasteiger partial charge in [0.15, 0.2) is 0 Å². The molecule has 1 fully saturated rings. The van der Waals surface area contributed by atoms with E-state index in [2.05, 4.69) is 17.2 Å². The lowest BCUT2D eigenvalue weighted by Gasteiger charge is -2.30. The Morgan fingerprint density at radius 3 is 1.14 bits per heavy atom. The van der Waals surface area contributed by atoms with Crippen LogP contribution in [0.4, 0.5) is 0 Å². The molecular formula is C15H9B3O3. The molecule has 4 aliphatic rings. The highest BCUT2D eigenvalue weighted by molar-refractivity contribution is 6.82. The van der Waals surface area contributed by atoms with Crippen LogP contribution in [-0.2, 0) is 13.7 Å². The molecule has 0 N–H and O–H groups in total. The van der Waals surface area contributed by atoms with E-state index in [1.165, 1.54) is 0 Å². The van der Waals surface area contributed by atoms with Gasteiger partial charge in [-0.3, -0.25) is 0 Å². The Morgan fingerprint density at radius 1 is 0.571 bits per heavy atom. The molecule has 1 aliphatic heterocycles. The summed E-state index contributed by atoms with van der Waals surface area (Å²) in [5.41, 5.74) is 11.9. The van der Waals surface area contributed by atoms with E-state index in [0.717, 1.165) is 16.4 Å². The summed E-state index contributed by atoms with van der Waals surface area (Å²) in [4.78, 5) is 0. The first-order valence-corrected chi connectivity index (χ1v) is 6.76. The minimum Gasteiger partial charge on any atom is -0.444 e. The third-order valence-corrected chi connectivity index (χ3v) is 3.37. The van der Waals surface area contributed by atoms with E-state index < -0.39 is 21.4 Å². The van der Waals surface area contributed by atoms with Crippen molar-refractivity contribution < 1.29 is 13.7 Å². The van der Waals surface area contributed by atoms with Gasteiger partial charge >= 0.3 is 21.4 Å². The Labute approximate surface area is 124 Å². The molecule has 0 unspecified atom stereocenters. The summed E-state index contributed by atoms with van der Waals surface area (Å²) in [5.74, 6) is 0. The molecule has 0 amide bonds. The monoisotopic (exact) mass is 270 g/mol. The van der Waals surface area contributed by atoms with E-state index in [4.69, 9.17) is 13.7 Å². The minimum atomic E-state index is -0.518. The first-order valence-electron chi connectivity index (χ1n) is 6.76. The maximum atomic E-state index is 5.88. The lowest BCUT2D eigenvalue weighted by atomic mass is 9.61. The van der Waals surface area contributed by atoms with E-state index >= 15 is 0 Å². The summed E-state index contributed by atoms with van der Waals surface area (Å²) < 4.78 is 17.6. The molecule has 0 aromatic rings. The first-order chi connectivity index (χ1) is 10.4. The predicted molar refractivity (Wildman–Crippen MR) is 82.7 cm³/mol. The summed E-state index contributed by atoms with van der Waals surface area (Å²) in [7, 11) is -1.55. The van der Waals surface area contributed by atoms with Crippen LogP contribution < -0.4 is 0 Å². The fraction of sp³-hybridized carbons (Fsp3) is 0. The van der Waals surface area contributed by atoms with Crippen LogP contribution in [0.25, 0.3) is 0 Å². The second kappa shape index (κ2) is 5.33. The van der Waals surface area contributed by atoms with Crippen LogP contribution >= 0.6 is 0 Å². The molecular weight excluding hydrogens is 261 g/mol. The van der Waals surface area contributed by atoms with Gasteiger partial charge in [-0.05, 0) is 18.2 Å². The molecule has 1 saturated heterocycles. The van der Waals surface area contributed by atoms with Crippen molar-refractivity contribution >= 4 is 21.4 Å². The van der Waals surface area contributed by atoms with Crippen LogP contribution in [0.5, 0.6) is 0 Å². The van der Waals surface area contributed by atoms with Gasteiger partial charge in [-0.1, -0.05) is 36.5 Å². The fourth-order valence-electron chi connectivity index (χ4n) is 2.35. The summed E-state index contributed by atoms with van der Waals surface area (Å²) in [6.45, 7) is 0. The maximum absolute atomic E-state index is 5.88. The topological polar surface area (TPSA) is 27.7 Å². The van der Waals surface area contributed by atoms with Crippen molar-refractivity contribution in [1.82, 2.24) is 0 Å². The van der Waals surface area contributed by atoms with Crippen molar-refractivity contribution in [2.45, 2.75) is 0 Å². The molecule has 0 atom stereocenters. The van der Waals surface area contributed by atoms with Crippen molar-refractivity contribution in [2.75, 3.05) is 0 Å². The molecule has 3 aliphatic carbocycles. The number of hydrogen-bond donors (Lipinski definition) is 0. The second-order valence-corrected chi connectivity index (χ2v) is 4.78. The van der Waals surface area contributed by atoms with Crippen molar-refractivity contribution in [2.24, 2.45) is 0 Å². The molecule has 0 bridgehead atoms.